The number of rotatable bonds is 9. The minimum absolute atomic E-state index is 0.506. The molecule has 2 N–H and O–H groups in total. The lowest BCUT2D eigenvalue weighted by Gasteiger charge is -2.28. The molecule has 0 saturated carbocycles. The molecular formula is C40H43N3. The van der Waals surface area contributed by atoms with Crippen LogP contribution in [0.15, 0.2) is 109 Å². The number of hydrogen-bond acceptors (Lipinski definition) is 2. The number of nitrogens with two attached hydrogens (primary N) is 1. The van der Waals surface area contributed by atoms with E-state index in [-0.39, 0.29) is 0 Å². The van der Waals surface area contributed by atoms with Crippen molar-refractivity contribution < 1.29 is 0 Å². The van der Waals surface area contributed by atoms with Gasteiger partial charge in [0.05, 0.1) is 11.0 Å². The molecule has 43 heavy (non-hydrogen) atoms. The van der Waals surface area contributed by atoms with Gasteiger partial charge in [0, 0.05) is 40.1 Å². The molecule has 5 aromatic carbocycles. The summed E-state index contributed by atoms with van der Waals surface area (Å²) < 4.78 is 2.42. The molecule has 0 fully saturated rings. The van der Waals surface area contributed by atoms with E-state index in [9.17, 15) is 0 Å². The highest BCUT2D eigenvalue weighted by atomic mass is 15.1. The van der Waals surface area contributed by atoms with Gasteiger partial charge in [-0.1, -0.05) is 76.2 Å². The fourth-order valence-corrected chi connectivity index (χ4v) is 6.21. The molecule has 1 aromatic heterocycles. The predicted octanol–water partition coefficient (Wildman–Crippen LogP) is 11.0. The van der Waals surface area contributed by atoms with Crippen molar-refractivity contribution in [1.29, 1.82) is 0 Å². The Labute approximate surface area is 256 Å². The van der Waals surface area contributed by atoms with Crippen molar-refractivity contribution >= 4 is 38.9 Å². The van der Waals surface area contributed by atoms with E-state index < -0.39 is 0 Å². The molecule has 0 aliphatic heterocycles. The Morgan fingerprint density at radius 2 is 1.23 bits per heavy atom. The Morgan fingerprint density at radius 3 is 1.86 bits per heavy atom. The van der Waals surface area contributed by atoms with Gasteiger partial charge in [-0.2, -0.15) is 0 Å². The number of anilines is 3. The van der Waals surface area contributed by atoms with Gasteiger partial charge in [-0.15, -0.1) is 0 Å². The van der Waals surface area contributed by atoms with Crippen molar-refractivity contribution in [2.45, 2.75) is 65.8 Å². The molecule has 218 valence electrons. The second-order valence-electron chi connectivity index (χ2n) is 12.0. The molecule has 2 atom stereocenters. The third-order valence-corrected chi connectivity index (χ3v) is 9.31. The molecule has 0 amide bonds. The SMILES string of the molecule is CCC(C)c1ccc(N(c2ccc(CN)cc2)c2cc3c4cc(C(C)CC)ccc4n(-c4ccccc4)c3cc2C)cc1. The number of benzene rings is 5. The maximum absolute atomic E-state index is 5.97. The highest BCUT2D eigenvalue weighted by Crippen LogP contribution is 2.42. The van der Waals surface area contributed by atoms with Crippen LogP contribution in [0.3, 0.4) is 0 Å². The third kappa shape index (κ3) is 5.34. The fraction of sp³-hybridized carbons (Fsp3) is 0.250. The highest BCUT2D eigenvalue weighted by molar-refractivity contribution is 6.11. The van der Waals surface area contributed by atoms with E-state index in [1.807, 2.05) is 0 Å². The molecule has 3 heteroatoms. The van der Waals surface area contributed by atoms with Gasteiger partial charge in [-0.3, -0.25) is 0 Å². The molecular weight excluding hydrogens is 522 g/mol. The molecule has 0 saturated heterocycles. The summed E-state index contributed by atoms with van der Waals surface area (Å²) in [6.07, 6.45) is 2.25. The maximum Gasteiger partial charge on any atom is 0.0545 e. The molecule has 0 aliphatic rings. The van der Waals surface area contributed by atoms with E-state index in [0.29, 0.717) is 18.4 Å². The van der Waals surface area contributed by atoms with E-state index in [1.54, 1.807) is 0 Å². The topological polar surface area (TPSA) is 34.2 Å². The lowest BCUT2D eigenvalue weighted by molar-refractivity contribution is 0.733. The molecule has 6 rings (SSSR count). The maximum atomic E-state index is 5.97. The van der Waals surface area contributed by atoms with Crippen LogP contribution in [-0.2, 0) is 6.54 Å². The van der Waals surface area contributed by atoms with Gasteiger partial charge in [0.2, 0.25) is 0 Å². The summed E-state index contributed by atoms with van der Waals surface area (Å²) in [5.41, 5.74) is 18.2. The smallest absolute Gasteiger partial charge is 0.0545 e. The van der Waals surface area contributed by atoms with E-state index >= 15 is 0 Å². The highest BCUT2D eigenvalue weighted by Gasteiger charge is 2.20. The van der Waals surface area contributed by atoms with Crippen molar-refractivity contribution in [3.63, 3.8) is 0 Å². The number of nitrogens with zero attached hydrogens (tertiary/aromatic N) is 2. The summed E-state index contributed by atoms with van der Waals surface area (Å²) in [7, 11) is 0. The first-order valence-corrected chi connectivity index (χ1v) is 15.8. The van der Waals surface area contributed by atoms with Crippen LogP contribution in [0.5, 0.6) is 0 Å². The summed E-state index contributed by atoms with van der Waals surface area (Å²) in [5, 5.41) is 2.56. The molecule has 2 unspecified atom stereocenters. The van der Waals surface area contributed by atoms with E-state index in [0.717, 1.165) is 29.8 Å². The standard InChI is InChI=1S/C40H43N3/c1-6-27(3)31-15-20-35(21-16-31)42(34-18-13-30(26-41)14-19-34)39-25-37-36-24-32(28(4)7-2)17-22-38(36)43(40(37)23-29(39)5)33-11-9-8-10-12-33/h8-25,27-28H,6-7,26,41H2,1-5H3. The van der Waals surface area contributed by atoms with Gasteiger partial charge in [-0.25, -0.2) is 0 Å². The Morgan fingerprint density at radius 1 is 0.651 bits per heavy atom. The van der Waals surface area contributed by atoms with Crippen LogP contribution >= 0.6 is 0 Å². The number of aromatic nitrogens is 1. The first-order chi connectivity index (χ1) is 20.9. The minimum Gasteiger partial charge on any atom is -0.326 e. The molecule has 6 aromatic rings. The summed E-state index contributed by atoms with van der Waals surface area (Å²) in [4.78, 5) is 2.40. The van der Waals surface area contributed by atoms with Gasteiger partial charge in [0.15, 0.2) is 0 Å². The fourth-order valence-electron chi connectivity index (χ4n) is 6.21. The molecule has 0 spiro atoms. The van der Waals surface area contributed by atoms with Crippen molar-refractivity contribution in [2.24, 2.45) is 5.73 Å². The molecule has 0 aliphatic carbocycles. The Bertz CT molecular complexity index is 1850. The van der Waals surface area contributed by atoms with Crippen LogP contribution in [0.25, 0.3) is 27.5 Å². The summed E-state index contributed by atoms with van der Waals surface area (Å²) in [5.74, 6) is 1.04. The number of hydrogen-bond donors (Lipinski definition) is 1. The Hall–Kier alpha value is -4.34. The summed E-state index contributed by atoms with van der Waals surface area (Å²) in [6.45, 7) is 11.9. The van der Waals surface area contributed by atoms with E-state index in [1.165, 1.54) is 49.9 Å². The van der Waals surface area contributed by atoms with Crippen LogP contribution in [0.2, 0.25) is 0 Å². The molecule has 1 heterocycles. The monoisotopic (exact) mass is 565 g/mol. The van der Waals surface area contributed by atoms with E-state index in [4.69, 9.17) is 5.73 Å². The largest absolute Gasteiger partial charge is 0.326 e. The van der Waals surface area contributed by atoms with Crippen LogP contribution in [0.4, 0.5) is 17.1 Å². The Balaban J connectivity index is 1.62. The second kappa shape index (κ2) is 12.1. The predicted molar refractivity (Wildman–Crippen MR) is 186 cm³/mol. The lowest BCUT2D eigenvalue weighted by Crippen LogP contribution is -2.12. The van der Waals surface area contributed by atoms with Crippen molar-refractivity contribution in [3.8, 4) is 5.69 Å². The van der Waals surface area contributed by atoms with Crippen molar-refractivity contribution in [1.82, 2.24) is 4.57 Å². The van der Waals surface area contributed by atoms with E-state index in [2.05, 4.69) is 153 Å². The number of aryl methyl sites for hydroxylation is 1. The first kappa shape index (κ1) is 28.8. The van der Waals surface area contributed by atoms with Gasteiger partial charge in [-0.05, 0) is 115 Å². The van der Waals surface area contributed by atoms with Gasteiger partial charge >= 0.3 is 0 Å². The molecule has 3 nitrogen and oxygen atoms in total. The zero-order chi connectivity index (χ0) is 30.1. The van der Waals surface area contributed by atoms with Crippen LogP contribution in [0.1, 0.15) is 74.6 Å². The normalized spacial score (nSPS) is 13.0. The van der Waals surface area contributed by atoms with Gasteiger partial charge in [0.25, 0.3) is 0 Å². The zero-order valence-electron chi connectivity index (χ0n) is 26.1. The average Bonchev–Trinajstić information content (AvgIpc) is 3.37. The molecule has 0 radical (unpaired) electrons. The third-order valence-electron chi connectivity index (χ3n) is 9.31. The summed E-state index contributed by atoms with van der Waals surface area (Å²) in [6, 6.07) is 40.4. The van der Waals surface area contributed by atoms with Crippen LogP contribution in [-0.4, -0.2) is 4.57 Å². The lowest BCUT2D eigenvalue weighted by atomic mass is 9.96. The zero-order valence-corrected chi connectivity index (χ0v) is 26.1. The minimum atomic E-state index is 0.506. The quantitative estimate of drug-likeness (QED) is 0.189. The first-order valence-electron chi connectivity index (χ1n) is 15.8. The van der Waals surface area contributed by atoms with Crippen LogP contribution < -0.4 is 10.6 Å². The van der Waals surface area contributed by atoms with Crippen molar-refractivity contribution in [2.75, 3.05) is 4.90 Å². The number of fused-ring (bicyclic) bond motifs is 3. The van der Waals surface area contributed by atoms with Crippen molar-refractivity contribution in [3.05, 3.63) is 131 Å². The number of para-hydroxylation sites is 1. The van der Waals surface area contributed by atoms with Crippen LogP contribution in [0, 0.1) is 6.92 Å². The van der Waals surface area contributed by atoms with Gasteiger partial charge < -0.3 is 15.2 Å². The molecule has 0 bridgehead atoms. The van der Waals surface area contributed by atoms with Gasteiger partial charge in [0.1, 0.15) is 0 Å². The average molecular weight is 566 g/mol. The summed E-state index contributed by atoms with van der Waals surface area (Å²) >= 11 is 0. The Kier molecular flexibility index (Phi) is 8.10. The second-order valence-corrected chi connectivity index (χ2v) is 12.0.